The summed E-state index contributed by atoms with van der Waals surface area (Å²) in [5.41, 5.74) is 2.58. The minimum atomic E-state index is -0.919. The number of fused-ring (bicyclic) bond motifs is 1. The lowest BCUT2D eigenvalue weighted by molar-refractivity contribution is 0.102. The van der Waals surface area contributed by atoms with Crippen LogP contribution in [0.4, 0.5) is 20.2 Å². The van der Waals surface area contributed by atoms with E-state index in [0.29, 0.717) is 48.8 Å². The van der Waals surface area contributed by atoms with Crippen LogP contribution in [0.5, 0.6) is 0 Å². The molecular formula is C25H27F2N7O2. The number of carbonyl (C=O) groups excluding carboxylic acids is 1. The quantitative estimate of drug-likeness (QED) is 0.460. The number of nitrogens with zero attached hydrogens (tertiary/aromatic N) is 6. The van der Waals surface area contributed by atoms with Crippen LogP contribution in [0.3, 0.4) is 0 Å². The van der Waals surface area contributed by atoms with Crippen LogP contribution in [0.15, 0.2) is 36.8 Å². The molecule has 4 aromatic rings. The van der Waals surface area contributed by atoms with E-state index in [1.807, 2.05) is 26.8 Å². The zero-order chi connectivity index (χ0) is 25.6. The third kappa shape index (κ3) is 4.41. The Morgan fingerprint density at radius 2 is 1.86 bits per heavy atom. The average Bonchev–Trinajstić information content (AvgIpc) is 3.47. The number of ether oxygens (including phenoxy) is 1. The largest absolute Gasteiger partial charge is 0.378 e. The molecule has 1 amide bonds. The van der Waals surface area contributed by atoms with Crippen molar-refractivity contribution in [3.63, 3.8) is 0 Å². The van der Waals surface area contributed by atoms with Crippen molar-refractivity contribution in [3.8, 4) is 11.3 Å². The number of hydrogen-bond acceptors (Lipinski definition) is 6. The number of imidazole rings is 1. The molecule has 36 heavy (non-hydrogen) atoms. The normalized spacial score (nSPS) is 14.4. The molecule has 1 aromatic carbocycles. The molecule has 0 atom stereocenters. The van der Waals surface area contributed by atoms with Crippen LogP contribution in [0.2, 0.25) is 0 Å². The van der Waals surface area contributed by atoms with Gasteiger partial charge in [-0.15, -0.1) is 5.10 Å². The molecule has 11 heteroatoms. The van der Waals surface area contributed by atoms with Gasteiger partial charge in [0.2, 0.25) is 5.95 Å². The summed E-state index contributed by atoms with van der Waals surface area (Å²) in [5.74, 6) is -2.34. The highest BCUT2D eigenvalue weighted by atomic mass is 19.1. The van der Waals surface area contributed by atoms with Gasteiger partial charge in [0, 0.05) is 37.2 Å². The number of rotatable bonds is 4. The SMILES string of the molecule is Cc1cc(F)c(NC(=O)c2cn(C(C)(C)C)nc2F)cc1-c1cc(N2CCOCC2)c2nccn2n1. The topological polar surface area (TPSA) is 89.6 Å². The van der Waals surface area contributed by atoms with Crippen LogP contribution < -0.4 is 10.2 Å². The first-order valence-corrected chi connectivity index (χ1v) is 11.7. The molecule has 9 nitrogen and oxygen atoms in total. The van der Waals surface area contributed by atoms with Crippen molar-refractivity contribution in [2.24, 2.45) is 0 Å². The fourth-order valence-electron chi connectivity index (χ4n) is 4.15. The fourth-order valence-corrected chi connectivity index (χ4v) is 4.15. The van der Waals surface area contributed by atoms with Crippen molar-refractivity contribution in [1.82, 2.24) is 24.4 Å². The molecule has 0 bridgehead atoms. The molecule has 1 aliphatic rings. The van der Waals surface area contributed by atoms with Crippen molar-refractivity contribution in [3.05, 3.63) is 59.7 Å². The molecule has 0 saturated carbocycles. The van der Waals surface area contributed by atoms with Crippen molar-refractivity contribution in [2.75, 3.05) is 36.5 Å². The van der Waals surface area contributed by atoms with Crippen LogP contribution in [-0.4, -0.2) is 56.6 Å². The zero-order valence-corrected chi connectivity index (χ0v) is 20.5. The van der Waals surface area contributed by atoms with Gasteiger partial charge in [0.15, 0.2) is 5.65 Å². The van der Waals surface area contributed by atoms with Gasteiger partial charge in [-0.1, -0.05) is 0 Å². The lowest BCUT2D eigenvalue weighted by atomic mass is 10.0. The smallest absolute Gasteiger partial charge is 0.262 e. The molecular weight excluding hydrogens is 468 g/mol. The second kappa shape index (κ2) is 8.98. The Morgan fingerprint density at radius 1 is 1.11 bits per heavy atom. The van der Waals surface area contributed by atoms with Gasteiger partial charge in [-0.2, -0.15) is 9.49 Å². The van der Waals surface area contributed by atoms with Gasteiger partial charge >= 0.3 is 0 Å². The number of carbonyl (C=O) groups is 1. The molecule has 4 heterocycles. The van der Waals surface area contributed by atoms with E-state index in [-0.39, 0.29) is 11.3 Å². The molecule has 0 radical (unpaired) electrons. The Balaban J connectivity index is 1.52. The van der Waals surface area contributed by atoms with E-state index < -0.39 is 23.2 Å². The first-order valence-electron chi connectivity index (χ1n) is 11.7. The highest BCUT2D eigenvalue weighted by Gasteiger charge is 2.24. The molecule has 1 saturated heterocycles. The van der Waals surface area contributed by atoms with Crippen LogP contribution in [0.25, 0.3) is 16.9 Å². The van der Waals surface area contributed by atoms with Crippen molar-refractivity contribution in [2.45, 2.75) is 33.2 Å². The number of aromatic nitrogens is 5. The van der Waals surface area contributed by atoms with E-state index in [1.165, 1.54) is 23.0 Å². The van der Waals surface area contributed by atoms with Crippen LogP contribution >= 0.6 is 0 Å². The monoisotopic (exact) mass is 495 g/mol. The summed E-state index contributed by atoms with van der Waals surface area (Å²) < 4.78 is 37.9. The summed E-state index contributed by atoms with van der Waals surface area (Å²) in [4.78, 5) is 19.5. The summed E-state index contributed by atoms with van der Waals surface area (Å²) >= 11 is 0. The number of nitrogens with one attached hydrogen (secondary N) is 1. The van der Waals surface area contributed by atoms with Gasteiger partial charge in [-0.25, -0.2) is 13.9 Å². The minimum absolute atomic E-state index is 0.0797. The maximum Gasteiger partial charge on any atom is 0.262 e. The van der Waals surface area contributed by atoms with Gasteiger partial charge in [0.1, 0.15) is 11.4 Å². The molecule has 1 N–H and O–H groups in total. The third-order valence-electron chi connectivity index (χ3n) is 6.13. The summed E-state index contributed by atoms with van der Waals surface area (Å²) in [5, 5.41) is 10.9. The van der Waals surface area contributed by atoms with Crippen molar-refractivity contribution >= 4 is 22.9 Å². The summed E-state index contributed by atoms with van der Waals surface area (Å²) in [7, 11) is 0. The van der Waals surface area contributed by atoms with Gasteiger partial charge in [0.05, 0.1) is 35.8 Å². The first-order chi connectivity index (χ1) is 17.1. The van der Waals surface area contributed by atoms with E-state index in [0.717, 1.165) is 5.69 Å². The van der Waals surface area contributed by atoms with Gasteiger partial charge < -0.3 is 15.0 Å². The third-order valence-corrected chi connectivity index (χ3v) is 6.13. The van der Waals surface area contributed by atoms with Gasteiger partial charge in [0.25, 0.3) is 5.91 Å². The van der Waals surface area contributed by atoms with E-state index in [9.17, 15) is 13.6 Å². The van der Waals surface area contributed by atoms with E-state index in [4.69, 9.17) is 4.74 Å². The van der Waals surface area contributed by atoms with Crippen molar-refractivity contribution < 1.29 is 18.3 Å². The molecule has 5 rings (SSSR count). The Kier molecular flexibility index (Phi) is 5.95. The zero-order valence-electron chi connectivity index (χ0n) is 20.5. The predicted molar refractivity (Wildman–Crippen MR) is 131 cm³/mol. The molecule has 0 spiro atoms. The number of hydrogen-bond donors (Lipinski definition) is 1. The molecule has 1 aliphatic heterocycles. The van der Waals surface area contributed by atoms with Gasteiger partial charge in [-0.3, -0.25) is 9.48 Å². The molecule has 0 unspecified atom stereocenters. The first kappa shape index (κ1) is 23.9. The standard InChI is InChI=1S/C25H27F2N7O2/c1-15-11-18(26)20(29-24(35)17-14-34(25(2,3)4)31-22(17)27)12-16(15)19-13-21(32-7-9-36-10-8-32)23-28-5-6-33(23)30-19/h5-6,11-14H,7-10H2,1-4H3,(H,29,35). The highest BCUT2D eigenvalue weighted by molar-refractivity contribution is 6.04. The fraction of sp³-hybridized carbons (Fsp3) is 0.360. The number of benzene rings is 1. The predicted octanol–water partition coefficient (Wildman–Crippen LogP) is 4.02. The lowest BCUT2D eigenvalue weighted by Gasteiger charge is -2.29. The molecule has 3 aromatic heterocycles. The van der Waals surface area contributed by atoms with E-state index in [2.05, 4.69) is 25.4 Å². The summed E-state index contributed by atoms with van der Waals surface area (Å²) in [6.45, 7) is 9.92. The maximum atomic E-state index is 14.9. The molecule has 1 fully saturated rings. The number of anilines is 2. The Labute approximate surface area is 206 Å². The van der Waals surface area contributed by atoms with Gasteiger partial charge in [-0.05, 0) is 51.5 Å². The second-order valence-electron chi connectivity index (χ2n) is 9.76. The summed E-state index contributed by atoms with van der Waals surface area (Å²) in [6, 6.07) is 4.75. The minimum Gasteiger partial charge on any atom is -0.378 e. The highest BCUT2D eigenvalue weighted by Crippen LogP contribution is 2.32. The second-order valence-corrected chi connectivity index (χ2v) is 9.76. The maximum absolute atomic E-state index is 14.9. The number of aryl methyl sites for hydroxylation is 1. The van der Waals surface area contributed by atoms with Crippen LogP contribution in [-0.2, 0) is 10.3 Å². The summed E-state index contributed by atoms with van der Waals surface area (Å²) in [6.07, 6.45) is 4.74. The number of halogens is 2. The molecule has 188 valence electrons. The molecule has 0 aliphatic carbocycles. The van der Waals surface area contributed by atoms with Crippen LogP contribution in [0, 0.1) is 18.7 Å². The van der Waals surface area contributed by atoms with Crippen LogP contribution in [0.1, 0.15) is 36.7 Å². The Hall–Kier alpha value is -3.86. The van der Waals surface area contributed by atoms with E-state index in [1.54, 1.807) is 23.8 Å². The Bertz CT molecular complexity index is 1450. The number of morpholine rings is 1. The van der Waals surface area contributed by atoms with Crippen molar-refractivity contribution in [1.29, 1.82) is 0 Å². The number of amides is 1. The Morgan fingerprint density at radius 3 is 2.56 bits per heavy atom. The lowest BCUT2D eigenvalue weighted by Crippen LogP contribution is -2.36. The van der Waals surface area contributed by atoms with E-state index >= 15 is 0 Å². The average molecular weight is 496 g/mol.